The van der Waals surface area contributed by atoms with Crippen LogP contribution < -0.4 is 4.74 Å². The number of aryl methyl sites for hydroxylation is 1. The monoisotopic (exact) mass is 1180 g/mol. The van der Waals surface area contributed by atoms with Crippen LogP contribution in [-0.4, -0.2) is 19.9 Å². The summed E-state index contributed by atoms with van der Waals surface area (Å²) in [5, 5.41) is 0. The van der Waals surface area contributed by atoms with Crippen molar-refractivity contribution in [1.82, 2.24) is 19.9 Å². The molecule has 3 heterocycles. The SMILES string of the molecule is CC(C)(C)Cc1ccc(-c2[c-]cccc2)nc1.Cc1cccc(-c2[c-]c(Oc3[c-]c(-c4cc(-c5[c-]cccc5)ncn4)ccc3)cc(-c3c(C(C)C)cccc3C(C)C)c2)n1.[Ir].[Pt+2]. The largest absolute Gasteiger partial charge is 2.00 e. The first kappa shape index (κ1) is 48.6. The molecule has 8 rings (SSSR count). The number of benzene rings is 5. The third kappa shape index (κ3) is 13.1. The first-order valence-electron chi connectivity index (χ1n) is 21.0. The van der Waals surface area contributed by atoms with Crippen molar-refractivity contribution in [2.24, 2.45) is 5.41 Å². The fourth-order valence-electron chi connectivity index (χ4n) is 7.29. The van der Waals surface area contributed by atoms with Gasteiger partial charge in [0.1, 0.15) is 0 Å². The molecule has 0 atom stereocenters. The van der Waals surface area contributed by atoms with Gasteiger partial charge in [-0.25, -0.2) is 0 Å². The van der Waals surface area contributed by atoms with Crippen molar-refractivity contribution >= 4 is 0 Å². The van der Waals surface area contributed by atoms with Crippen LogP contribution in [0, 0.1) is 36.6 Å². The molecule has 0 saturated heterocycles. The zero-order chi connectivity index (χ0) is 42.9. The molecule has 0 N–H and O–H groups in total. The molecule has 8 aromatic rings. The van der Waals surface area contributed by atoms with Gasteiger partial charge in [0.2, 0.25) is 0 Å². The quantitative estimate of drug-likeness (QED) is 0.128. The van der Waals surface area contributed by atoms with E-state index < -0.39 is 0 Å². The van der Waals surface area contributed by atoms with E-state index in [4.69, 9.17) is 9.72 Å². The van der Waals surface area contributed by atoms with Gasteiger partial charge in [0.25, 0.3) is 0 Å². The second-order valence-corrected chi connectivity index (χ2v) is 17.1. The zero-order valence-corrected chi connectivity index (χ0v) is 41.7. The smallest absolute Gasteiger partial charge is 0.497 e. The molecular weight excluding hydrogens is 1130 g/mol. The van der Waals surface area contributed by atoms with E-state index in [-0.39, 0.29) is 41.2 Å². The number of aromatic nitrogens is 4. The average Bonchev–Trinajstić information content (AvgIpc) is 3.26. The summed E-state index contributed by atoms with van der Waals surface area (Å²) in [5.41, 5.74) is 14.5. The van der Waals surface area contributed by atoms with E-state index in [1.165, 1.54) is 22.3 Å². The third-order valence-corrected chi connectivity index (χ3v) is 10.1. The van der Waals surface area contributed by atoms with E-state index in [0.29, 0.717) is 28.7 Å². The Morgan fingerprint density at radius 1 is 0.571 bits per heavy atom. The third-order valence-electron chi connectivity index (χ3n) is 10.1. The molecule has 0 spiro atoms. The van der Waals surface area contributed by atoms with Crippen LogP contribution in [0.3, 0.4) is 0 Å². The van der Waals surface area contributed by atoms with Crippen molar-refractivity contribution in [1.29, 1.82) is 0 Å². The Balaban J connectivity index is 0.000000332. The molecule has 0 aliphatic rings. The van der Waals surface area contributed by atoms with E-state index >= 15 is 0 Å². The predicted octanol–water partition coefficient (Wildman–Crippen LogP) is 14.4. The molecule has 3 aromatic heterocycles. The second-order valence-electron chi connectivity index (χ2n) is 17.1. The molecule has 5 aromatic carbocycles. The maximum absolute atomic E-state index is 6.52. The average molecular weight is 1180 g/mol. The van der Waals surface area contributed by atoms with Gasteiger partial charge in [0.15, 0.2) is 0 Å². The van der Waals surface area contributed by atoms with Gasteiger partial charge in [0, 0.05) is 43.5 Å². The molecule has 0 saturated carbocycles. The molecule has 5 nitrogen and oxygen atoms in total. The van der Waals surface area contributed by atoms with Crippen molar-refractivity contribution in [3.05, 3.63) is 193 Å². The number of pyridine rings is 2. The molecule has 63 heavy (non-hydrogen) atoms. The summed E-state index contributed by atoms with van der Waals surface area (Å²) in [6.07, 6.45) is 4.60. The van der Waals surface area contributed by atoms with E-state index in [1.54, 1.807) is 6.33 Å². The minimum atomic E-state index is 0. The number of hydrogen-bond acceptors (Lipinski definition) is 5. The number of ether oxygens (including phenoxy) is 1. The van der Waals surface area contributed by atoms with Gasteiger partial charge in [-0.05, 0) is 81.7 Å². The fraction of sp³-hybridized carbons (Fsp3) is 0.214. The van der Waals surface area contributed by atoms with Gasteiger partial charge in [0.05, 0.1) is 6.33 Å². The molecule has 323 valence electrons. The van der Waals surface area contributed by atoms with Crippen molar-refractivity contribution in [3.8, 4) is 67.7 Å². The molecular formula is C56H52IrN4OPt-2. The fourth-order valence-corrected chi connectivity index (χ4v) is 7.29. The second kappa shape index (κ2) is 22.3. The number of rotatable bonds is 10. The summed E-state index contributed by atoms with van der Waals surface area (Å²) in [4.78, 5) is 18.3. The number of hydrogen-bond donors (Lipinski definition) is 0. The molecule has 0 unspecified atom stereocenters. The van der Waals surface area contributed by atoms with Gasteiger partial charge in [-0.3, -0.25) is 9.97 Å². The van der Waals surface area contributed by atoms with E-state index in [0.717, 1.165) is 62.7 Å². The summed E-state index contributed by atoms with van der Waals surface area (Å²) in [6, 6.07) is 58.0. The Hall–Kier alpha value is -5.38. The van der Waals surface area contributed by atoms with Crippen LogP contribution in [0.5, 0.6) is 11.5 Å². The van der Waals surface area contributed by atoms with Crippen LogP contribution in [0.25, 0.3) is 56.2 Å². The predicted molar refractivity (Wildman–Crippen MR) is 249 cm³/mol. The van der Waals surface area contributed by atoms with E-state index in [9.17, 15) is 0 Å². The van der Waals surface area contributed by atoms with Crippen molar-refractivity contribution in [2.45, 2.75) is 73.6 Å². The van der Waals surface area contributed by atoms with Crippen LogP contribution in [0.4, 0.5) is 0 Å². The van der Waals surface area contributed by atoms with E-state index in [2.05, 4.69) is 130 Å². The Morgan fingerprint density at radius 3 is 1.76 bits per heavy atom. The van der Waals surface area contributed by atoms with Crippen LogP contribution in [0.1, 0.15) is 82.7 Å². The van der Waals surface area contributed by atoms with Crippen LogP contribution in [-0.2, 0) is 47.6 Å². The molecule has 0 fully saturated rings. The maximum Gasteiger partial charge on any atom is 2.00 e. The summed E-state index contributed by atoms with van der Waals surface area (Å²) >= 11 is 0. The molecule has 0 bridgehead atoms. The van der Waals surface area contributed by atoms with E-state index in [1.807, 2.05) is 104 Å². The van der Waals surface area contributed by atoms with Gasteiger partial charge >= 0.3 is 21.1 Å². The molecule has 0 aliphatic carbocycles. The van der Waals surface area contributed by atoms with Crippen molar-refractivity contribution < 1.29 is 45.9 Å². The van der Waals surface area contributed by atoms with Gasteiger partial charge in [-0.2, -0.15) is 0 Å². The first-order valence-corrected chi connectivity index (χ1v) is 21.0. The normalized spacial score (nSPS) is 11.0. The molecule has 1 radical (unpaired) electrons. The summed E-state index contributed by atoms with van der Waals surface area (Å²) in [7, 11) is 0. The summed E-state index contributed by atoms with van der Waals surface area (Å²) < 4.78 is 6.52. The van der Waals surface area contributed by atoms with Gasteiger partial charge < -0.3 is 14.7 Å². The minimum absolute atomic E-state index is 0. The molecule has 0 aliphatic heterocycles. The van der Waals surface area contributed by atoms with Gasteiger partial charge in [-0.15, -0.1) is 107 Å². The van der Waals surface area contributed by atoms with Crippen LogP contribution >= 0.6 is 0 Å². The minimum Gasteiger partial charge on any atom is -0.497 e. The van der Waals surface area contributed by atoms with Crippen LogP contribution in [0.2, 0.25) is 0 Å². The Kier molecular flexibility index (Phi) is 17.2. The standard InChI is InChI=1S/C40H34N3O.C16H18N.Ir.Pt/c1-26(2)35-17-11-18-36(27(3)4)40(35)32-20-31(37-19-9-12-28(5)43-37)22-34(23-32)44-33-16-10-15-30(21-33)39-24-38(41-25-42-39)29-13-7-6-8-14-29;1-16(2,3)11-13-9-10-15(17-12-13)14-7-5-4-6-8-14;;/h6-13,15-20,23-27H,1-5H3;4-7,9-10,12H,11H2,1-3H3;;/q-3;-1;;+2. The maximum atomic E-state index is 6.52. The Labute approximate surface area is 402 Å². The zero-order valence-electron chi connectivity index (χ0n) is 37.1. The van der Waals surface area contributed by atoms with Crippen molar-refractivity contribution in [2.75, 3.05) is 0 Å². The molecule has 0 amide bonds. The summed E-state index contributed by atoms with van der Waals surface area (Å²) in [6.45, 7) is 17.7. The Bertz CT molecular complexity index is 2670. The van der Waals surface area contributed by atoms with Crippen LogP contribution in [0.15, 0.2) is 146 Å². The molecule has 7 heteroatoms. The topological polar surface area (TPSA) is 60.8 Å². The first-order chi connectivity index (χ1) is 29.4. The number of nitrogens with zero attached hydrogens (tertiary/aromatic N) is 4. The Morgan fingerprint density at radius 2 is 1.17 bits per heavy atom. The summed E-state index contributed by atoms with van der Waals surface area (Å²) in [5.74, 6) is 1.89. The van der Waals surface area contributed by atoms with Gasteiger partial charge in [-0.1, -0.05) is 121 Å². The van der Waals surface area contributed by atoms with Crippen molar-refractivity contribution in [3.63, 3.8) is 0 Å².